The maximum Gasteiger partial charge on any atom is 0.408 e. The number of carbonyl (C=O) groups excluding carboxylic acids is 2. The second-order valence-electron chi connectivity index (χ2n) is 6.41. The van der Waals surface area contributed by atoms with Crippen molar-refractivity contribution in [1.29, 1.82) is 0 Å². The number of hydrogen-bond donors (Lipinski definition) is 1. The maximum absolute atomic E-state index is 12.5. The minimum atomic E-state index is -0.689. The molecular weight excluding hydrogens is 372 g/mol. The lowest BCUT2D eigenvalue weighted by molar-refractivity contribution is -0.122. The van der Waals surface area contributed by atoms with Crippen molar-refractivity contribution in [2.24, 2.45) is 0 Å². The van der Waals surface area contributed by atoms with Crippen LogP contribution in [0.4, 0.5) is 4.79 Å². The number of amides is 1. The molecule has 3 rings (SSSR count). The number of Topliss-reactive ketones (excluding diaryl/α,β-unsaturated/α-hetero) is 1. The van der Waals surface area contributed by atoms with Gasteiger partial charge >= 0.3 is 6.09 Å². The number of ketones is 1. The van der Waals surface area contributed by atoms with Crippen molar-refractivity contribution in [3.05, 3.63) is 71.8 Å². The molecule has 150 valence electrons. The first-order valence-electron chi connectivity index (χ1n) is 9.29. The third kappa shape index (κ3) is 6.20. The standard InChI is InChI=1S/C20H22N6O3/c1-2-17(22-20(28)29-14-15-7-4-3-5-8-15)18(27)13-26-24-19(23-25-26)11-16-9-6-10-21-12-16/h3-10,12,17H,2,11,13-14H2,1H3,(H,22,28). The van der Waals surface area contributed by atoms with Gasteiger partial charge in [0.15, 0.2) is 11.6 Å². The first-order chi connectivity index (χ1) is 14.1. The summed E-state index contributed by atoms with van der Waals surface area (Å²) >= 11 is 0. The highest BCUT2D eigenvalue weighted by Crippen LogP contribution is 2.04. The molecule has 1 atom stereocenters. The molecule has 2 heterocycles. The van der Waals surface area contributed by atoms with Gasteiger partial charge < -0.3 is 10.1 Å². The predicted octanol–water partition coefficient (Wildman–Crippen LogP) is 1.93. The van der Waals surface area contributed by atoms with E-state index < -0.39 is 12.1 Å². The van der Waals surface area contributed by atoms with Gasteiger partial charge in [-0.25, -0.2) is 4.79 Å². The number of tetrazole rings is 1. The monoisotopic (exact) mass is 394 g/mol. The van der Waals surface area contributed by atoms with Crippen LogP contribution in [0.5, 0.6) is 0 Å². The third-order valence-electron chi connectivity index (χ3n) is 4.18. The molecule has 0 spiro atoms. The Bertz CT molecular complexity index is 930. The van der Waals surface area contributed by atoms with Crippen LogP contribution in [0.25, 0.3) is 0 Å². The largest absolute Gasteiger partial charge is 0.445 e. The molecule has 1 N–H and O–H groups in total. The van der Waals surface area contributed by atoms with Gasteiger partial charge in [-0.05, 0) is 28.8 Å². The molecule has 2 aromatic heterocycles. The van der Waals surface area contributed by atoms with Gasteiger partial charge in [0.25, 0.3) is 0 Å². The number of hydrogen-bond acceptors (Lipinski definition) is 7. The van der Waals surface area contributed by atoms with Gasteiger partial charge in [0, 0.05) is 18.8 Å². The number of benzene rings is 1. The van der Waals surface area contributed by atoms with Crippen LogP contribution >= 0.6 is 0 Å². The van der Waals surface area contributed by atoms with Crippen LogP contribution in [0, 0.1) is 0 Å². The van der Waals surface area contributed by atoms with Gasteiger partial charge in [-0.3, -0.25) is 9.78 Å². The number of alkyl carbamates (subject to hydrolysis) is 1. The van der Waals surface area contributed by atoms with Gasteiger partial charge in [0.05, 0.1) is 6.04 Å². The van der Waals surface area contributed by atoms with E-state index in [1.54, 1.807) is 12.4 Å². The molecule has 0 aliphatic carbocycles. The van der Waals surface area contributed by atoms with Crippen molar-refractivity contribution >= 4 is 11.9 Å². The molecule has 0 aliphatic heterocycles. The van der Waals surface area contributed by atoms with Gasteiger partial charge in [-0.15, -0.1) is 10.2 Å². The minimum absolute atomic E-state index is 0.0858. The van der Waals surface area contributed by atoms with E-state index in [0.717, 1.165) is 11.1 Å². The van der Waals surface area contributed by atoms with Crippen LogP contribution in [-0.4, -0.2) is 43.1 Å². The highest BCUT2D eigenvalue weighted by atomic mass is 16.5. The Kier molecular flexibility index (Phi) is 6.99. The average molecular weight is 394 g/mol. The number of ether oxygens (including phenoxy) is 1. The van der Waals surface area contributed by atoms with Crippen molar-refractivity contribution in [1.82, 2.24) is 30.5 Å². The molecule has 0 saturated carbocycles. The topological polar surface area (TPSA) is 112 Å². The molecule has 0 radical (unpaired) electrons. The summed E-state index contributed by atoms with van der Waals surface area (Å²) in [6, 6.07) is 12.4. The van der Waals surface area contributed by atoms with E-state index in [-0.39, 0.29) is 18.9 Å². The van der Waals surface area contributed by atoms with Gasteiger partial charge in [0.2, 0.25) is 0 Å². The van der Waals surface area contributed by atoms with Crippen LogP contribution < -0.4 is 5.32 Å². The zero-order valence-corrected chi connectivity index (χ0v) is 16.1. The number of aromatic nitrogens is 5. The number of pyridine rings is 1. The molecule has 0 fully saturated rings. The summed E-state index contributed by atoms with van der Waals surface area (Å²) in [5.41, 5.74) is 1.82. The van der Waals surface area contributed by atoms with Crippen molar-refractivity contribution in [2.45, 2.75) is 39.0 Å². The van der Waals surface area contributed by atoms with E-state index in [2.05, 4.69) is 25.7 Å². The third-order valence-corrected chi connectivity index (χ3v) is 4.18. The van der Waals surface area contributed by atoms with Crippen molar-refractivity contribution in [2.75, 3.05) is 0 Å². The van der Waals surface area contributed by atoms with Crippen LogP contribution in [0.2, 0.25) is 0 Å². The minimum Gasteiger partial charge on any atom is -0.445 e. The number of rotatable bonds is 9. The van der Waals surface area contributed by atoms with Crippen molar-refractivity contribution in [3.63, 3.8) is 0 Å². The summed E-state index contributed by atoms with van der Waals surface area (Å²) in [6.45, 7) is 1.86. The van der Waals surface area contributed by atoms with E-state index in [1.165, 1.54) is 4.80 Å². The average Bonchev–Trinajstić information content (AvgIpc) is 3.18. The van der Waals surface area contributed by atoms with Gasteiger partial charge in [-0.1, -0.05) is 43.3 Å². The number of nitrogens with zero attached hydrogens (tertiary/aromatic N) is 5. The lowest BCUT2D eigenvalue weighted by Crippen LogP contribution is -2.42. The van der Waals surface area contributed by atoms with Crippen LogP contribution in [0.15, 0.2) is 54.9 Å². The Morgan fingerprint density at radius 3 is 2.66 bits per heavy atom. The Balaban J connectivity index is 1.49. The summed E-state index contributed by atoms with van der Waals surface area (Å²) < 4.78 is 5.17. The zero-order valence-electron chi connectivity index (χ0n) is 16.1. The van der Waals surface area contributed by atoms with E-state index >= 15 is 0 Å². The molecule has 1 aromatic carbocycles. The smallest absolute Gasteiger partial charge is 0.408 e. The molecule has 1 unspecified atom stereocenters. The Morgan fingerprint density at radius 2 is 1.93 bits per heavy atom. The molecule has 3 aromatic rings. The molecule has 9 heteroatoms. The van der Waals surface area contributed by atoms with Crippen LogP contribution in [-0.2, 0) is 29.1 Å². The Morgan fingerprint density at radius 1 is 1.14 bits per heavy atom. The zero-order chi connectivity index (χ0) is 20.5. The van der Waals surface area contributed by atoms with Gasteiger partial charge in [-0.2, -0.15) is 4.80 Å². The predicted molar refractivity (Wildman–Crippen MR) is 104 cm³/mol. The Hall–Kier alpha value is -3.62. The van der Waals surface area contributed by atoms with Crippen LogP contribution in [0.1, 0.15) is 30.3 Å². The molecule has 0 bridgehead atoms. The summed E-state index contributed by atoms with van der Waals surface area (Å²) in [5.74, 6) is 0.267. The second kappa shape index (κ2) is 10.1. The summed E-state index contributed by atoms with van der Waals surface area (Å²) in [4.78, 5) is 29.8. The fourth-order valence-electron chi connectivity index (χ4n) is 2.67. The lowest BCUT2D eigenvalue weighted by Gasteiger charge is -2.15. The second-order valence-corrected chi connectivity index (χ2v) is 6.41. The van der Waals surface area contributed by atoms with E-state index in [4.69, 9.17) is 4.74 Å². The summed E-state index contributed by atoms with van der Waals surface area (Å²) in [6.07, 6.45) is 3.68. The van der Waals surface area contributed by atoms with Crippen molar-refractivity contribution in [3.8, 4) is 0 Å². The highest BCUT2D eigenvalue weighted by molar-refractivity contribution is 5.87. The maximum atomic E-state index is 12.5. The van der Waals surface area contributed by atoms with Crippen LogP contribution in [0.3, 0.4) is 0 Å². The fourth-order valence-corrected chi connectivity index (χ4v) is 2.67. The molecule has 0 saturated heterocycles. The molecule has 9 nitrogen and oxygen atoms in total. The fraction of sp³-hybridized carbons (Fsp3) is 0.300. The van der Waals surface area contributed by atoms with E-state index in [1.807, 2.05) is 49.4 Å². The van der Waals surface area contributed by atoms with Gasteiger partial charge in [0.1, 0.15) is 13.2 Å². The van der Waals surface area contributed by atoms with Crippen molar-refractivity contribution < 1.29 is 14.3 Å². The summed E-state index contributed by atoms with van der Waals surface area (Å²) in [7, 11) is 0. The van der Waals surface area contributed by atoms with E-state index in [9.17, 15) is 9.59 Å². The molecule has 1 amide bonds. The SMILES string of the molecule is CCC(NC(=O)OCc1ccccc1)C(=O)Cn1nnc(Cc2cccnc2)n1. The summed E-state index contributed by atoms with van der Waals surface area (Å²) in [5, 5.41) is 14.7. The highest BCUT2D eigenvalue weighted by Gasteiger charge is 2.21. The number of carbonyl (C=O) groups is 2. The quantitative estimate of drug-likeness (QED) is 0.590. The first kappa shape index (κ1) is 20.1. The molecule has 29 heavy (non-hydrogen) atoms. The number of nitrogens with one attached hydrogen (secondary N) is 1. The normalized spacial score (nSPS) is 11.6. The molecule has 0 aliphatic rings. The van der Waals surface area contributed by atoms with E-state index in [0.29, 0.717) is 18.7 Å². The molecular formula is C20H22N6O3. The lowest BCUT2D eigenvalue weighted by atomic mass is 10.1. The first-order valence-corrected chi connectivity index (χ1v) is 9.29. The Labute approximate surface area is 168 Å².